The molecule has 2 aromatic carbocycles. The van der Waals surface area contributed by atoms with E-state index in [-0.39, 0.29) is 0 Å². The van der Waals surface area contributed by atoms with E-state index in [0.717, 1.165) is 29.4 Å². The molecule has 0 amide bonds. The molecule has 128 valence electrons. The summed E-state index contributed by atoms with van der Waals surface area (Å²) in [6.45, 7) is 9.15. The predicted molar refractivity (Wildman–Crippen MR) is 105 cm³/mol. The lowest BCUT2D eigenvalue weighted by Crippen LogP contribution is -2.18. The van der Waals surface area contributed by atoms with Crippen LogP contribution >= 0.6 is 0 Å². The molecule has 0 saturated carbocycles. The summed E-state index contributed by atoms with van der Waals surface area (Å²) in [7, 11) is 0. The van der Waals surface area contributed by atoms with E-state index in [1.165, 1.54) is 11.1 Å². The van der Waals surface area contributed by atoms with Crippen molar-refractivity contribution >= 4 is 23.1 Å². The zero-order chi connectivity index (χ0) is 17.8. The van der Waals surface area contributed by atoms with Crippen molar-refractivity contribution in [1.82, 2.24) is 9.97 Å². The molecule has 4 heteroatoms. The maximum atomic E-state index is 4.75. The Hall–Kier alpha value is -2.88. The van der Waals surface area contributed by atoms with Gasteiger partial charge < -0.3 is 10.2 Å². The summed E-state index contributed by atoms with van der Waals surface area (Å²) in [5.41, 5.74) is 5.51. The number of hydrogen-bond acceptors (Lipinski definition) is 4. The highest BCUT2D eigenvalue weighted by molar-refractivity contribution is 5.64. The average molecular weight is 332 g/mol. The second-order valence-corrected chi connectivity index (χ2v) is 6.21. The van der Waals surface area contributed by atoms with Crippen LogP contribution in [0.5, 0.6) is 0 Å². The van der Waals surface area contributed by atoms with Crippen molar-refractivity contribution in [2.45, 2.75) is 27.7 Å². The summed E-state index contributed by atoms with van der Waals surface area (Å²) in [5, 5.41) is 3.35. The summed E-state index contributed by atoms with van der Waals surface area (Å²) < 4.78 is 0. The molecule has 0 spiro atoms. The number of nitrogens with one attached hydrogen (secondary N) is 1. The van der Waals surface area contributed by atoms with Crippen molar-refractivity contribution in [3.63, 3.8) is 0 Å². The van der Waals surface area contributed by atoms with Crippen molar-refractivity contribution in [3.05, 3.63) is 71.4 Å². The van der Waals surface area contributed by atoms with Gasteiger partial charge in [0.25, 0.3) is 0 Å². The highest BCUT2D eigenvalue weighted by Crippen LogP contribution is 2.26. The van der Waals surface area contributed by atoms with Gasteiger partial charge in [0, 0.05) is 29.7 Å². The van der Waals surface area contributed by atoms with Crippen molar-refractivity contribution in [2.75, 3.05) is 16.8 Å². The van der Waals surface area contributed by atoms with Crippen molar-refractivity contribution in [1.29, 1.82) is 0 Å². The second-order valence-electron chi connectivity index (χ2n) is 6.21. The number of nitrogens with zero attached hydrogens (tertiary/aromatic N) is 3. The van der Waals surface area contributed by atoms with Crippen LogP contribution in [0.25, 0.3) is 0 Å². The number of para-hydroxylation sites is 1. The molecular weight excluding hydrogens is 308 g/mol. The highest BCUT2D eigenvalue weighted by atomic mass is 15.2. The van der Waals surface area contributed by atoms with Crippen LogP contribution in [0.3, 0.4) is 0 Å². The van der Waals surface area contributed by atoms with Crippen LogP contribution in [0.15, 0.2) is 54.6 Å². The largest absolute Gasteiger partial charge is 0.326 e. The Morgan fingerprint density at radius 1 is 0.920 bits per heavy atom. The van der Waals surface area contributed by atoms with Crippen LogP contribution < -0.4 is 10.2 Å². The van der Waals surface area contributed by atoms with Gasteiger partial charge in [-0.2, -0.15) is 4.98 Å². The zero-order valence-corrected chi connectivity index (χ0v) is 15.2. The minimum Gasteiger partial charge on any atom is -0.326 e. The van der Waals surface area contributed by atoms with Gasteiger partial charge in [0.05, 0.1) is 0 Å². The lowest BCUT2D eigenvalue weighted by atomic mass is 10.2. The van der Waals surface area contributed by atoms with Crippen LogP contribution in [-0.4, -0.2) is 16.5 Å². The molecule has 0 radical (unpaired) electrons. The van der Waals surface area contributed by atoms with E-state index in [4.69, 9.17) is 4.98 Å². The first kappa shape index (κ1) is 17.0. The van der Waals surface area contributed by atoms with Crippen LogP contribution in [0.2, 0.25) is 0 Å². The minimum atomic E-state index is 0.621. The van der Waals surface area contributed by atoms with E-state index in [2.05, 4.69) is 66.3 Å². The average Bonchev–Trinajstić information content (AvgIpc) is 2.57. The molecule has 0 atom stereocenters. The first-order valence-electron chi connectivity index (χ1n) is 8.59. The van der Waals surface area contributed by atoms with Gasteiger partial charge in [-0.05, 0) is 57.0 Å². The van der Waals surface area contributed by atoms with Gasteiger partial charge in [0.15, 0.2) is 0 Å². The van der Waals surface area contributed by atoms with Gasteiger partial charge in [0.2, 0.25) is 5.95 Å². The Kier molecular flexibility index (Phi) is 4.98. The lowest BCUT2D eigenvalue weighted by Gasteiger charge is -2.23. The molecular formula is C21H24N4. The molecule has 3 rings (SSSR count). The Labute approximate surface area is 149 Å². The monoisotopic (exact) mass is 332 g/mol. The quantitative estimate of drug-likeness (QED) is 0.688. The summed E-state index contributed by atoms with van der Waals surface area (Å²) in [5.74, 6) is 1.52. The van der Waals surface area contributed by atoms with Crippen LogP contribution in [0.4, 0.5) is 23.1 Å². The highest BCUT2D eigenvalue weighted by Gasteiger charge is 2.12. The number of aryl methyl sites for hydroxylation is 3. The fourth-order valence-corrected chi connectivity index (χ4v) is 2.85. The van der Waals surface area contributed by atoms with Crippen molar-refractivity contribution in [3.8, 4) is 0 Å². The molecule has 25 heavy (non-hydrogen) atoms. The van der Waals surface area contributed by atoms with E-state index >= 15 is 0 Å². The van der Waals surface area contributed by atoms with Crippen molar-refractivity contribution < 1.29 is 0 Å². The summed E-state index contributed by atoms with van der Waals surface area (Å²) in [6.07, 6.45) is 0. The first-order valence-corrected chi connectivity index (χ1v) is 8.59. The Morgan fingerprint density at radius 3 is 2.44 bits per heavy atom. The smallest absolute Gasteiger partial charge is 0.229 e. The first-order chi connectivity index (χ1) is 12.1. The molecule has 0 bridgehead atoms. The van der Waals surface area contributed by atoms with Gasteiger partial charge in [-0.15, -0.1) is 0 Å². The third-order valence-electron chi connectivity index (χ3n) is 4.14. The standard InChI is InChI=1S/C21H24N4/c1-5-25(18-11-8-9-15(2)13-18)20-14-17(4)22-21(24-20)23-19-12-7-6-10-16(19)3/h6-14H,5H2,1-4H3,(H,22,23,24). The van der Waals surface area contributed by atoms with Crippen LogP contribution in [0.1, 0.15) is 23.7 Å². The predicted octanol–water partition coefficient (Wildman–Crippen LogP) is 5.30. The maximum Gasteiger partial charge on any atom is 0.229 e. The van der Waals surface area contributed by atoms with Gasteiger partial charge in [0.1, 0.15) is 5.82 Å². The van der Waals surface area contributed by atoms with Crippen molar-refractivity contribution in [2.24, 2.45) is 0 Å². The Bertz CT molecular complexity index is 873. The number of aromatic nitrogens is 2. The molecule has 0 aliphatic carbocycles. The second kappa shape index (κ2) is 7.34. The maximum absolute atomic E-state index is 4.75. The minimum absolute atomic E-state index is 0.621. The molecule has 0 fully saturated rings. The van der Waals surface area contributed by atoms with Gasteiger partial charge >= 0.3 is 0 Å². The Balaban J connectivity index is 1.96. The topological polar surface area (TPSA) is 41.1 Å². The van der Waals surface area contributed by atoms with E-state index in [1.807, 2.05) is 31.2 Å². The molecule has 0 saturated heterocycles. The third kappa shape index (κ3) is 3.97. The molecule has 1 N–H and O–H groups in total. The number of hydrogen-bond donors (Lipinski definition) is 1. The summed E-state index contributed by atoms with van der Waals surface area (Å²) in [4.78, 5) is 11.5. The molecule has 0 unspecified atom stereocenters. The van der Waals surface area contributed by atoms with E-state index < -0.39 is 0 Å². The molecule has 3 aromatic rings. The third-order valence-corrected chi connectivity index (χ3v) is 4.14. The van der Waals surface area contributed by atoms with E-state index in [0.29, 0.717) is 5.95 Å². The van der Waals surface area contributed by atoms with Gasteiger partial charge in [-0.3, -0.25) is 0 Å². The van der Waals surface area contributed by atoms with Crippen LogP contribution in [0, 0.1) is 20.8 Å². The zero-order valence-electron chi connectivity index (χ0n) is 15.2. The Morgan fingerprint density at radius 2 is 1.72 bits per heavy atom. The van der Waals surface area contributed by atoms with Gasteiger partial charge in [-0.1, -0.05) is 30.3 Å². The SMILES string of the molecule is CCN(c1cccc(C)c1)c1cc(C)nc(Nc2ccccc2C)n1. The summed E-state index contributed by atoms with van der Waals surface area (Å²) in [6, 6.07) is 18.6. The van der Waals surface area contributed by atoms with Crippen LogP contribution in [-0.2, 0) is 0 Å². The fraction of sp³-hybridized carbons (Fsp3) is 0.238. The van der Waals surface area contributed by atoms with E-state index in [1.54, 1.807) is 0 Å². The van der Waals surface area contributed by atoms with Gasteiger partial charge in [-0.25, -0.2) is 4.98 Å². The molecule has 4 nitrogen and oxygen atoms in total. The lowest BCUT2D eigenvalue weighted by molar-refractivity contribution is 0.968. The molecule has 0 aliphatic rings. The fourth-order valence-electron chi connectivity index (χ4n) is 2.85. The molecule has 1 heterocycles. The number of benzene rings is 2. The number of anilines is 4. The molecule has 1 aromatic heterocycles. The number of rotatable bonds is 5. The van der Waals surface area contributed by atoms with E-state index in [9.17, 15) is 0 Å². The normalized spacial score (nSPS) is 10.6. The summed E-state index contributed by atoms with van der Waals surface area (Å²) >= 11 is 0. The molecule has 0 aliphatic heterocycles.